The summed E-state index contributed by atoms with van der Waals surface area (Å²) in [5.41, 5.74) is 4.51. The van der Waals surface area contributed by atoms with Gasteiger partial charge in [0.15, 0.2) is 0 Å². The lowest BCUT2D eigenvalue weighted by molar-refractivity contribution is 0.0284. The lowest BCUT2D eigenvalue weighted by atomic mass is 10.1. The number of fused-ring (bicyclic) bond motifs is 1. The SMILES string of the molecule is Cc1ccc(Cn2nnc3cc(-c4ccnc(N[C@@H]5CCOC[C@H]5F)n4)ccc32)cc1F. The molecule has 1 N–H and O–H groups in total. The third-order valence-corrected chi connectivity index (χ3v) is 5.64. The molecule has 2 atom stereocenters. The molecule has 1 saturated heterocycles. The molecule has 2 aromatic heterocycles. The zero-order chi connectivity index (χ0) is 22.1. The molecule has 5 rings (SSSR count). The van der Waals surface area contributed by atoms with Crippen LogP contribution in [0.2, 0.25) is 0 Å². The fourth-order valence-corrected chi connectivity index (χ4v) is 3.78. The molecule has 32 heavy (non-hydrogen) atoms. The van der Waals surface area contributed by atoms with E-state index in [9.17, 15) is 8.78 Å². The second-order valence-electron chi connectivity index (χ2n) is 7.93. The lowest BCUT2D eigenvalue weighted by Gasteiger charge is -2.26. The summed E-state index contributed by atoms with van der Waals surface area (Å²) in [6.45, 7) is 2.75. The Bertz CT molecular complexity index is 1260. The van der Waals surface area contributed by atoms with E-state index in [4.69, 9.17) is 4.74 Å². The molecule has 0 bridgehead atoms. The van der Waals surface area contributed by atoms with Crippen molar-refractivity contribution in [1.82, 2.24) is 25.0 Å². The molecular weight excluding hydrogens is 414 g/mol. The molecule has 3 heterocycles. The first kappa shape index (κ1) is 20.4. The van der Waals surface area contributed by atoms with Crippen LogP contribution in [-0.4, -0.2) is 50.4 Å². The zero-order valence-electron chi connectivity index (χ0n) is 17.5. The number of hydrogen-bond acceptors (Lipinski definition) is 6. The highest BCUT2D eigenvalue weighted by atomic mass is 19.1. The Labute approximate surface area is 183 Å². The number of aryl methyl sites for hydroxylation is 1. The topological polar surface area (TPSA) is 77.8 Å². The monoisotopic (exact) mass is 436 g/mol. The quantitative estimate of drug-likeness (QED) is 0.511. The van der Waals surface area contributed by atoms with Crippen LogP contribution in [0.25, 0.3) is 22.3 Å². The summed E-state index contributed by atoms with van der Waals surface area (Å²) in [7, 11) is 0. The van der Waals surface area contributed by atoms with E-state index in [1.54, 1.807) is 29.9 Å². The summed E-state index contributed by atoms with van der Waals surface area (Å²) in [5.74, 6) is 0.143. The molecule has 1 fully saturated rings. The van der Waals surface area contributed by atoms with Gasteiger partial charge in [0.2, 0.25) is 5.95 Å². The minimum atomic E-state index is -1.09. The summed E-state index contributed by atoms with van der Waals surface area (Å²) in [6.07, 6.45) is 1.11. The van der Waals surface area contributed by atoms with Crippen LogP contribution in [0.4, 0.5) is 14.7 Å². The Hall–Kier alpha value is -3.46. The predicted octanol–water partition coefficient (Wildman–Crippen LogP) is 3.92. The van der Waals surface area contributed by atoms with Crippen LogP contribution in [0, 0.1) is 12.7 Å². The maximum atomic E-state index is 14.1. The summed E-state index contributed by atoms with van der Waals surface area (Å²) >= 11 is 0. The van der Waals surface area contributed by atoms with Gasteiger partial charge in [0.25, 0.3) is 0 Å². The minimum absolute atomic E-state index is 0.0823. The second kappa shape index (κ2) is 8.58. The highest BCUT2D eigenvalue weighted by Gasteiger charge is 2.26. The number of hydrogen-bond donors (Lipinski definition) is 1. The molecule has 0 aliphatic carbocycles. The van der Waals surface area contributed by atoms with E-state index in [-0.39, 0.29) is 18.5 Å². The van der Waals surface area contributed by atoms with E-state index >= 15 is 0 Å². The van der Waals surface area contributed by atoms with Gasteiger partial charge >= 0.3 is 0 Å². The van der Waals surface area contributed by atoms with Crippen LogP contribution in [0.15, 0.2) is 48.7 Å². The van der Waals surface area contributed by atoms with Gasteiger partial charge in [-0.15, -0.1) is 5.10 Å². The highest BCUT2D eigenvalue weighted by molar-refractivity contribution is 5.80. The van der Waals surface area contributed by atoms with Crippen LogP contribution in [-0.2, 0) is 11.3 Å². The number of nitrogens with one attached hydrogen (secondary N) is 1. The number of ether oxygens (including phenoxy) is 1. The minimum Gasteiger partial charge on any atom is -0.378 e. The van der Waals surface area contributed by atoms with Crippen molar-refractivity contribution in [2.75, 3.05) is 18.5 Å². The van der Waals surface area contributed by atoms with Crippen LogP contribution >= 0.6 is 0 Å². The summed E-state index contributed by atoms with van der Waals surface area (Å²) in [6, 6.07) is 12.3. The largest absolute Gasteiger partial charge is 0.378 e. The first-order valence-electron chi connectivity index (χ1n) is 10.5. The fraction of sp³-hybridized carbons (Fsp3) is 0.304. The molecule has 7 nitrogen and oxygen atoms in total. The molecule has 1 aliphatic rings. The molecule has 9 heteroatoms. The number of rotatable bonds is 5. The molecule has 0 spiro atoms. The van der Waals surface area contributed by atoms with Gasteiger partial charge in [-0.1, -0.05) is 23.4 Å². The maximum Gasteiger partial charge on any atom is 0.223 e. The van der Waals surface area contributed by atoms with Gasteiger partial charge in [-0.05, 0) is 48.7 Å². The molecule has 2 aromatic carbocycles. The summed E-state index contributed by atoms with van der Waals surface area (Å²) in [4.78, 5) is 8.77. The van der Waals surface area contributed by atoms with Crippen molar-refractivity contribution in [2.45, 2.75) is 32.1 Å². The third-order valence-electron chi connectivity index (χ3n) is 5.64. The van der Waals surface area contributed by atoms with Crippen molar-refractivity contribution in [3.8, 4) is 11.3 Å². The van der Waals surface area contributed by atoms with E-state index in [0.29, 0.717) is 42.3 Å². The van der Waals surface area contributed by atoms with Gasteiger partial charge in [0, 0.05) is 18.4 Å². The first-order chi connectivity index (χ1) is 15.6. The predicted molar refractivity (Wildman–Crippen MR) is 117 cm³/mol. The van der Waals surface area contributed by atoms with Gasteiger partial charge in [-0.3, -0.25) is 0 Å². The van der Waals surface area contributed by atoms with Crippen LogP contribution in [0.1, 0.15) is 17.5 Å². The number of anilines is 1. The van der Waals surface area contributed by atoms with Crippen molar-refractivity contribution < 1.29 is 13.5 Å². The molecule has 0 saturated carbocycles. The standard InChI is InChI=1S/C23H22F2N6O/c1-14-2-3-15(10-17(14)24)12-31-22-5-4-16(11-21(22)29-30-31)19-6-8-26-23(27-19)28-20-7-9-32-13-18(20)25/h2-6,8,10-11,18,20H,7,9,12-13H2,1H3,(H,26,27,28)/t18-,20-/m1/s1. The first-order valence-corrected chi connectivity index (χ1v) is 10.5. The van der Waals surface area contributed by atoms with E-state index < -0.39 is 6.17 Å². The maximum absolute atomic E-state index is 14.1. The smallest absolute Gasteiger partial charge is 0.223 e. The van der Waals surface area contributed by atoms with Gasteiger partial charge in [-0.2, -0.15) is 0 Å². The highest BCUT2D eigenvalue weighted by Crippen LogP contribution is 2.24. The Balaban J connectivity index is 1.38. The van der Waals surface area contributed by atoms with E-state index in [2.05, 4.69) is 25.6 Å². The Morgan fingerprint density at radius 3 is 2.94 bits per heavy atom. The Morgan fingerprint density at radius 1 is 1.19 bits per heavy atom. The average Bonchev–Trinajstić information content (AvgIpc) is 3.20. The molecule has 0 unspecified atom stereocenters. The second-order valence-corrected chi connectivity index (χ2v) is 7.93. The van der Waals surface area contributed by atoms with Crippen LogP contribution < -0.4 is 5.32 Å². The van der Waals surface area contributed by atoms with Crippen molar-refractivity contribution in [3.63, 3.8) is 0 Å². The normalized spacial score (nSPS) is 18.7. The summed E-state index contributed by atoms with van der Waals surface area (Å²) in [5, 5.41) is 11.6. The molecule has 4 aromatic rings. The summed E-state index contributed by atoms with van der Waals surface area (Å²) < 4.78 is 34.8. The van der Waals surface area contributed by atoms with Crippen LogP contribution in [0.5, 0.6) is 0 Å². The number of benzene rings is 2. The number of aromatic nitrogens is 5. The number of halogens is 2. The van der Waals surface area contributed by atoms with E-state index in [1.807, 2.05) is 24.3 Å². The van der Waals surface area contributed by atoms with E-state index in [1.165, 1.54) is 6.07 Å². The van der Waals surface area contributed by atoms with Gasteiger partial charge in [-0.25, -0.2) is 23.4 Å². The molecule has 0 amide bonds. The van der Waals surface area contributed by atoms with Gasteiger partial charge in [0.1, 0.15) is 17.5 Å². The lowest BCUT2D eigenvalue weighted by Crippen LogP contribution is -2.39. The molecule has 0 radical (unpaired) electrons. The molecular formula is C23H22F2N6O. The van der Waals surface area contributed by atoms with Gasteiger partial charge in [0.05, 0.1) is 30.4 Å². The van der Waals surface area contributed by atoms with Crippen LogP contribution in [0.3, 0.4) is 0 Å². The van der Waals surface area contributed by atoms with Crippen molar-refractivity contribution in [2.24, 2.45) is 0 Å². The Kier molecular flexibility index (Phi) is 5.48. The van der Waals surface area contributed by atoms with Crippen molar-refractivity contribution in [3.05, 3.63) is 65.6 Å². The van der Waals surface area contributed by atoms with Gasteiger partial charge < -0.3 is 10.1 Å². The third kappa shape index (κ3) is 4.16. The van der Waals surface area contributed by atoms with Crippen molar-refractivity contribution >= 4 is 17.0 Å². The molecule has 164 valence electrons. The van der Waals surface area contributed by atoms with E-state index in [0.717, 1.165) is 16.6 Å². The number of alkyl halides is 1. The zero-order valence-corrected chi connectivity index (χ0v) is 17.5. The fourth-order valence-electron chi connectivity index (χ4n) is 3.78. The van der Waals surface area contributed by atoms with Crippen molar-refractivity contribution in [1.29, 1.82) is 0 Å². The average molecular weight is 436 g/mol. The Morgan fingerprint density at radius 2 is 2.09 bits per heavy atom. The number of nitrogens with zero attached hydrogens (tertiary/aromatic N) is 5. The molecule has 1 aliphatic heterocycles.